The molecule has 2 aromatic rings. The van der Waals surface area contributed by atoms with Gasteiger partial charge in [-0.15, -0.1) is 0 Å². The molecule has 1 unspecified atom stereocenters. The molecule has 0 aliphatic carbocycles. The highest BCUT2D eigenvalue weighted by Gasteiger charge is 2.41. The maximum Gasteiger partial charge on any atom is 0.410 e. The van der Waals surface area contributed by atoms with Gasteiger partial charge in [0.1, 0.15) is 5.60 Å². The standard InChI is InChI=1S/C21H24N2O4S/c1-21(2,3)27-20(25)23-14-18(15-23)28(26,17-12-8-5-9-13-17)22-19(24)16-10-6-4-7-11-16/h4-13,18H,14-15H2,1-3H3. The molecular formula is C21H24N2O4S. The van der Waals surface area contributed by atoms with Gasteiger partial charge in [-0.3, -0.25) is 4.79 Å². The fraction of sp³-hybridized carbons (Fsp3) is 0.333. The maximum absolute atomic E-state index is 13.8. The summed E-state index contributed by atoms with van der Waals surface area (Å²) in [4.78, 5) is 26.8. The van der Waals surface area contributed by atoms with Crippen LogP contribution in [0.15, 0.2) is 69.9 Å². The summed E-state index contributed by atoms with van der Waals surface area (Å²) in [6, 6.07) is 17.3. The molecule has 1 fully saturated rings. The van der Waals surface area contributed by atoms with E-state index in [2.05, 4.69) is 4.36 Å². The minimum atomic E-state index is -3.04. The maximum atomic E-state index is 13.8. The summed E-state index contributed by atoms with van der Waals surface area (Å²) in [5.74, 6) is -0.523. The van der Waals surface area contributed by atoms with E-state index in [0.717, 1.165) is 0 Å². The Morgan fingerprint density at radius 2 is 1.54 bits per heavy atom. The Morgan fingerprint density at radius 1 is 1.00 bits per heavy atom. The molecule has 28 heavy (non-hydrogen) atoms. The predicted molar refractivity (Wildman–Crippen MR) is 108 cm³/mol. The van der Waals surface area contributed by atoms with E-state index < -0.39 is 32.6 Å². The molecule has 0 spiro atoms. The van der Waals surface area contributed by atoms with Crippen LogP contribution in [0, 0.1) is 0 Å². The Kier molecular flexibility index (Phi) is 5.56. The Balaban J connectivity index is 1.88. The largest absolute Gasteiger partial charge is 0.444 e. The summed E-state index contributed by atoms with van der Waals surface area (Å²) in [6.07, 6.45) is -0.451. The highest BCUT2D eigenvalue weighted by Crippen LogP contribution is 2.28. The van der Waals surface area contributed by atoms with Crippen LogP contribution in [0.5, 0.6) is 0 Å². The summed E-state index contributed by atoms with van der Waals surface area (Å²) in [7, 11) is -3.04. The van der Waals surface area contributed by atoms with E-state index in [1.54, 1.807) is 75.4 Å². The van der Waals surface area contributed by atoms with Gasteiger partial charge in [0.2, 0.25) is 0 Å². The highest BCUT2D eigenvalue weighted by molar-refractivity contribution is 7.94. The molecule has 148 valence electrons. The summed E-state index contributed by atoms with van der Waals surface area (Å²) < 4.78 is 23.3. The van der Waals surface area contributed by atoms with Crippen LogP contribution in [-0.4, -0.2) is 45.0 Å². The Labute approximate surface area is 165 Å². The molecule has 1 saturated heterocycles. The molecule has 6 nitrogen and oxygen atoms in total. The van der Waals surface area contributed by atoms with Crippen molar-refractivity contribution in [2.45, 2.75) is 36.5 Å². The second-order valence-electron chi connectivity index (χ2n) is 7.65. The first kappa shape index (κ1) is 20.1. The Morgan fingerprint density at radius 3 is 2.07 bits per heavy atom. The van der Waals surface area contributed by atoms with Gasteiger partial charge in [0.15, 0.2) is 0 Å². The number of carbonyl (C=O) groups is 2. The lowest BCUT2D eigenvalue weighted by Crippen LogP contribution is -2.57. The van der Waals surface area contributed by atoms with Gasteiger partial charge < -0.3 is 9.64 Å². The van der Waals surface area contributed by atoms with Crippen LogP contribution in [0.4, 0.5) is 4.79 Å². The number of ether oxygens (including phenoxy) is 1. The third-order valence-electron chi connectivity index (χ3n) is 4.27. The normalized spacial score (nSPS) is 16.6. The molecule has 2 aromatic carbocycles. The van der Waals surface area contributed by atoms with E-state index in [9.17, 15) is 13.8 Å². The molecule has 0 radical (unpaired) electrons. The van der Waals surface area contributed by atoms with Crippen molar-refractivity contribution in [1.29, 1.82) is 0 Å². The van der Waals surface area contributed by atoms with Crippen LogP contribution in [0.3, 0.4) is 0 Å². The van der Waals surface area contributed by atoms with Crippen molar-refractivity contribution in [2.75, 3.05) is 13.1 Å². The van der Waals surface area contributed by atoms with E-state index in [1.165, 1.54) is 4.90 Å². The Bertz CT molecular complexity index is 968. The van der Waals surface area contributed by atoms with Crippen molar-refractivity contribution in [3.05, 3.63) is 66.2 Å². The predicted octanol–water partition coefficient (Wildman–Crippen LogP) is 3.97. The Hall–Kier alpha value is -2.67. The molecular weight excluding hydrogens is 376 g/mol. The summed E-state index contributed by atoms with van der Waals surface area (Å²) >= 11 is 0. The number of hydrogen-bond acceptors (Lipinski definition) is 4. The minimum absolute atomic E-state index is 0.230. The van der Waals surface area contributed by atoms with Crippen molar-refractivity contribution in [3.8, 4) is 0 Å². The molecule has 7 heteroatoms. The van der Waals surface area contributed by atoms with Gasteiger partial charge in [-0.05, 0) is 45.0 Å². The van der Waals surface area contributed by atoms with Gasteiger partial charge in [0, 0.05) is 23.5 Å². The van der Waals surface area contributed by atoms with Crippen LogP contribution in [-0.2, 0) is 14.5 Å². The third-order valence-corrected chi connectivity index (χ3v) is 6.86. The van der Waals surface area contributed by atoms with Crippen LogP contribution in [0.25, 0.3) is 0 Å². The van der Waals surface area contributed by atoms with Gasteiger partial charge in [-0.25, -0.2) is 9.00 Å². The smallest absolute Gasteiger partial charge is 0.410 e. The second-order valence-corrected chi connectivity index (χ2v) is 10.1. The minimum Gasteiger partial charge on any atom is -0.444 e. The topological polar surface area (TPSA) is 76.0 Å². The van der Waals surface area contributed by atoms with Gasteiger partial charge in [0.25, 0.3) is 5.91 Å². The van der Waals surface area contributed by atoms with Gasteiger partial charge >= 0.3 is 6.09 Å². The first-order valence-corrected chi connectivity index (χ1v) is 10.7. The molecule has 1 aliphatic heterocycles. The fourth-order valence-electron chi connectivity index (χ4n) is 2.81. The number of carbonyl (C=O) groups excluding carboxylic acids is 2. The van der Waals surface area contributed by atoms with Crippen molar-refractivity contribution in [3.63, 3.8) is 0 Å². The zero-order valence-electron chi connectivity index (χ0n) is 16.2. The van der Waals surface area contributed by atoms with E-state index in [4.69, 9.17) is 4.74 Å². The number of hydrogen-bond donors (Lipinski definition) is 0. The highest BCUT2D eigenvalue weighted by atomic mass is 32.2. The van der Waals surface area contributed by atoms with Crippen molar-refractivity contribution in [1.82, 2.24) is 4.90 Å². The molecule has 0 bridgehead atoms. The van der Waals surface area contributed by atoms with E-state index in [0.29, 0.717) is 10.5 Å². The van der Waals surface area contributed by atoms with Crippen LogP contribution >= 0.6 is 0 Å². The molecule has 0 aromatic heterocycles. The van der Waals surface area contributed by atoms with Crippen molar-refractivity contribution >= 4 is 21.7 Å². The van der Waals surface area contributed by atoms with Crippen LogP contribution in [0.2, 0.25) is 0 Å². The zero-order chi connectivity index (χ0) is 20.4. The first-order chi connectivity index (χ1) is 13.2. The number of amides is 2. The number of likely N-dealkylation sites (tertiary alicyclic amines) is 1. The van der Waals surface area contributed by atoms with Gasteiger partial charge in [0.05, 0.1) is 15.0 Å². The fourth-order valence-corrected chi connectivity index (χ4v) is 5.11. The quantitative estimate of drug-likeness (QED) is 0.781. The first-order valence-electron chi connectivity index (χ1n) is 9.07. The summed E-state index contributed by atoms with van der Waals surface area (Å²) in [6.45, 7) is 5.85. The molecule has 0 saturated carbocycles. The van der Waals surface area contributed by atoms with E-state index in [-0.39, 0.29) is 13.1 Å². The van der Waals surface area contributed by atoms with E-state index >= 15 is 0 Å². The summed E-state index contributed by atoms with van der Waals surface area (Å²) in [5, 5.41) is -0.435. The average Bonchev–Trinajstić information content (AvgIpc) is 2.60. The molecule has 1 aliphatic rings. The molecule has 0 N–H and O–H groups in total. The zero-order valence-corrected chi connectivity index (χ0v) is 17.0. The number of nitrogens with zero attached hydrogens (tertiary/aromatic N) is 2. The second kappa shape index (κ2) is 7.75. The molecule has 1 atom stereocenters. The number of rotatable bonds is 3. The van der Waals surface area contributed by atoms with Gasteiger partial charge in [-0.1, -0.05) is 36.4 Å². The summed E-state index contributed by atoms with van der Waals surface area (Å²) in [5.41, 5.74) is -0.217. The van der Waals surface area contributed by atoms with E-state index in [1.807, 2.05) is 6.07 Å². The number of benzene rings is 2. The van der Waals surface area contributed by atoms with Crippen molar-refractivity contribution < 1.29 is 18.5 Å². The third kappa shape index (κ3) is 4.42. The molecule has 1 heterocycles. The van der Waals surface area contributed by atoms with Gasteiger partial charge in [-0.2, -0.15) is 4.36 Å². The molecule has 2 amide bonds. The molecule has 3 rings (SSSR count). The average molecular weight is 401 g/mol. The lowest BCUT2D eigenvalue weighted by Gasteiger charge is -2.40. The lowest BCUT2D eigenvalue weighted by molar-refractivity contribution is 0.0140. The lowest BCUT2D eigenvalue weighted by atomic mass is 10.2. The SMILES string of the molecule is CC(C)(C)OC(=O)N1CC(S(=O)(=NC(=O)c2ccccc2)c2ccccc2)C1. The van der Waals surface area contributed by atoms with Crippen LogP contribution < -0.4 is 0 Å². The van der Waals surface area contributed by atoms with Crippen LogP contribution in [0.1, 0.15) is 31.1 Å². The van der Waals surface area contributed by atoms with Crippen molar-refractivity contribution in [2.24, 2.45) is 4.36 Å². The monoisotopic (exact) mass is 400 g/mol.